The van der Waals surface area contributed by atoms with E-state index in [0.717, 1.165) is 30.3 Å². The Morgan fingerprint density at radius 2 is 1.73 bits per heavy atom. The van der Waals surface area contributed by atoms with Crippen LogP contribution < -0.4 is 4.74 Å². The summed E-state index contributed by atoms with van der Waals surface area (Å²) in [5, 5.41) is 8.71. The lowest BCUT2D eigenvalue weighted by molar-refractivity contribution is -0.137. The second-order valence-corrected chi connectivity index (χ2v) is 4.42. The van der Waals surface area contributed by atoms with Crippen molar-refractivity contribution in [2.45, 2.75) is 12.8 Å². The molecule has 2 aromatic carbocycles. The van der Waals surface area contributed by atoms with Crippen molar-refractivity contribution in [3.63, 3.8) is 0 Å². The Hall–Kier alpha value is -2.57. The molecule has 0 heterocycles. The van der Waals surface area contributed by atoms with Crippen molar-refractivity contribution in [2.75, 3.05) is 0 Å². The van der Waals surface area contributed by atoms with E-state index < -0.39 is 23.5 Å². The van der Waals surface area contributed by atoms with E-state index in [4.69, 9.17) is 9.84 Å². The largest absolute Gasteiger partial charge is 0.489 e. The maximum Gasteiger partial charge on any atom is 0.416 e. The van der Waals surface area contributed by atoms with E-state index >= 15 is 0 Å². The van der Waals surface area contributed by atoms with Crippen LogP contribution in [0.25, 0.3) is 0 Å². The van der Waals surface area contributed by atoms with Crippen molar-refractivity contribution in [1.82, 2.24) is 0 Å². The zero-order chi connectivity index (χ0) is 16.3. The number of ether oxygens (including phenoxy) is 1. The molecule has 0 aliphatic rings. The number of carbonyl (C=O) groups is 1. The first-order chi connectivity index (χ1) is 10.3. The van der Waals surface area contributed by atoms with Crippen LogP contribution >= 0.6 is 0 Å². The fraction of sp³-hybridized carbons (Fsp3) is 0.133. The number of rotatable bonds is 4. The van der Waals surface area contributed by atoms with Gasteiger partial charge in [0.15, 0.2) is 0 Å². The molecular formula is C15H10F4O3. The van der Waals surface area contributed by atoms with Crippen LogP contribution in [0.3, 0.4) is 0 Å². The van der Waals surface area contributed by atoms with Crippen molar-refractivity contribution in [3.05, 3.63) is 65.0 Å². The van der Waals surface area contributed by atoms with E-state index in [0.29, 0.717) is 0 Å². The Labute approximate surface area is 122 Å². The topological polar surface area (TPSA) is 46.5 Å². The third-order valence-electron chi connectivity index (χ3n) is 2.88. The summed E-state index contributed by atoms with van der Waals surface area (Å²) in [6, 6.07) is 7.31. The van der Waals surface area contributed by atoms with E-state index in [2.05, 4.69) is 0 Å². The van der Waals surface area contributed by atoms with Gasteiger partial charge in [-0.05, 0) is 36.4 Å². The number of hydrogen-bond donors (Lipinski definition) is 1. The monoisotopic (exact) mass is 314 g/mol. The first kappa shape index (κ1) is 15.8. The fourth-order valence-corrected chi connectivity index (χ4v) is 1.70. The van der Waals surface area contributed by atoms with Gasteiger partial charge in [0.1, 0.15) is 18.2 Å². The summed E-state index contributed by atoms with van der Waals surface area (Å²) < 4.78 is 56.0. The van der Waals surface area contributed by atoms with Gasteiger partial charge >= 0.3 is 12.1 Å². The maximum absolute atomic E-state index is 13.6. The van der Waals surface area contributed by atoms with Crippen LogP contribution in [0.4, 0.5) is 17.6 Å². The highest BCUT2D eigenvalue weighted by Crippen LogP contribution is 2.30. The fourth-order valence-electron chi connectivity index (χ4n) is 1.70. The maximum atomic E-state index is 13.6. The molecule has 0 aliphatic carbocycles. The molecule has 0 unspecified atom stereocenters. The molecule has 0 aromatic heterocycles. The minimum absolute atomic E-state index is 0.102. The average molecular weight is 314 g/mol. The highest BCUT2D eigenvalue weighted by atomic mass is 19.4. The van der Waals surface area contributed by atoms with Crippen LogP contribution in [0.15, 0.2) is 42.5 Å². The highest BCUT2D eigenvalue weighted by Gasteiger charge is 2.30. The molecule has 0 spiro atoms. The van der Waals surface area contributed by atoms with Crippen molar-refractivity contribution in [1.29, 1.82) is 0 Å². The quantitative estimate of drug-likeness (QED) is 0.864. The highest BCUT2D eigenvalue weighted by molar-refractivity contribution is 5.87. The second kappa shape index (κ2) is 6.05. The molecule has 0 aliphatic heterocycles. The number of aromatic carboxylic acids is 1. The molecule has 7 heteroatoms. The number of carboxylic acids is 1. The van der Waals surface area contributed by atoms with Gasteiger partial charge in [0.2, 0.25) is 0 Å². The molecule has 3 nitrogen and oxygen atoms in total. The third kappa shape index (κ3) is 3.75. The van der Waals surface area contributed by atoms with Crippen molar-refractivity contribution < 1.29 is 32.2 Å². The van der Waals surface area contributed by atoms with Crippen molar-refractivity contribution in [3.8, 4) is 5.75 Å². The first-order valence-electron chi connectivity index (χ1n) is 6.09. The molecule has 0 saturated carbocycles. The molecule has 116 valence electrons. The van der Waals surface area contributed by atoms with E-state index in [1.807, 2.05) is 0 Å². The van der Waals surface area contributed by atoms with Gasteiger partial charge in [0.25, 0.3) is 0 Å². The van der Waals surface area contributed by atoms with E-state index in [1.54, 1.807) is 0 Å². The van der Waals surface area contributed by atoms with Crippen LogP contribution in [0, 0.1) is 5.82 Å². The minimum Gasteiger partial charge on any atom is -0.489 e. The third-order valence-corrected chi connectivity index (χ3v) is 2.88. The Morgan fingerprint density at radius 3 is 2.23 bits per heavy atom. The number of hydrogen-bond acceptors (Lipinski definition) is 2. The van der Waals surface area contributed by atoms with Crippen molar-refractivity contribution >= 4 is 5.97 Å². The number of benzene rings is 2. The molecule has 0 saturated heterocycles. The summed E-state index contributed by atoms with van der Waals surface area (Å²) in [6.45, 7) is -0.225. The summed E-state index contributed by atoms with van der Waals surface area (Å²) in [5.74, 6) is -1.87. The number of alkyl halides is 3. The van der Waals surface area contributed by atoms with Gasteiger partial charge in [0.05, 0.1) is 11.1 Å². The van der Waals surface area contributed by atoms with E-state index in [1.165, 1.54) is 12.1 Å². The summed E-state index contributed by atoms with van der Waals surface area (Å²) in [4.78, 5) is 10.7. The number of carboxylic acid groups (broad SMARTS) is 1. The SMILES string of the molecule is O=C(O)c1ccc(COc2ccc(C(F)(F)F)cc2)c(F)c1. The Bertz CT molecular complexity index is 678. The standard InChI is InChI=1S/C15H10F4O3/c16-13-7-9(14(20)21)1-2-10(13)8-22-12-5-3-11(4-6-12)15(17,18)19/h1-7H,8H2,(H,20,21). The Kier molecular flexibility index (Phi) is 4.35. The van der Waals surface area contributed by atoms with Crippen LogP contribution in [0.2, 0.25) is 0 Å². The Balaban J connectivity index is 2.05. The molecule has 0 radical (unpaired) electrons. The molecular weight excluding hydrogens is 304 g/mol. The lowest BCUT2D eigenvalue weighted by Crippen LogP contribution is -2.05. The molecule has 1 N–H and O–H groups in total. The number of halogens is 4. The van der Waals surface area contributed by atoms with Crippen LogP contribution in [0.1, 0.15) is 21.5 Å². The zero-order valence-corrected chi connectivity index (χ0v) is 11.0. The van der Waals surface area contributed by atoms with Gasteiger partial charge in [-0.1, -0.05) is 6.07 Å². The van der Waals surface area contributed by atoms with E-state index in [-0.39, 0.29) is 23.5 Å². The lowest BCUT2D eigenvalue weighted by Gasteiger charge is -2.10. The first-order valence-corrected chi connectivity index (χ1v) is 6.09. The van der Waals surface area contributed by atoms with Gasteiger partial charge in [-0.2, -0.15) is 13.2 Å². The molecule has 2 aromatic rings. The molecule has 0 fully saturated rings. The van der Waals surface area contributed by atoms with Crippen LogP contribution in [-0.2, 0) is 12.8 Å². The smallest absolute Gasteiger partial charge is 0.416 e. The summed E-state index contributed by atoms with van der Waals surface area (Å²) in [6.07, 6.45) is -4.43. The van der Waals surface area contributed by atoms with Gasteiger partial charge in [0, 0.05) is 5.56 Å². The van der Waals surface area contributed by atoms with Crippen LogP contribution in [-0.4, -0.2) is 11.1 Å². The lowest BCUT2D eigenvalue weighted by atomic mass is 10.1. The molecule has 0 atom stereocenters. The average Bonchev–Trinajstić information content (AvgIpc) is 2.45. The molecule has 0 amide bonds. The van der Waals surface area contributed by atoms with Gasteiger partial charge in [-0.15, -0.1) is 0 Å². The van der Waals surface area contributed by atoms with E-state index in [9.17, 15) is 22.4 Å². The normalized spacial score (nSPS) is 11.3. The second-order valence-electron chi connectivity index (χ2n) is 4.42. The van der Waals surface area contributed by atoms with Gasteiger partial charge < -0.3 is 9.84 Å². The summed E-state index contributed by atoms with van der Waals surface area (Å²) in [5.41, 5.74) is -0.905. The minimum atomic E-state index is -4.43. The van der Waals surface area contributed by atoms with Crippen LogP contribution in [0.5, 0.6) is 5.75 Å². The predicted molar refractivity (Wildman–Crippen MR) is 69.1 cm³/mol. The van der Waals surface area contributed by atoms with Crippen molar-refractivity contribution in [2.24, 2.45) is 0 Å². The van der Waals surface area contributed by atoms with Gasteiger partial charge in [-0.3, -0.25) is 0 Å². The molecule has 22 heavy (non-hydrogen) atoms. The molecule has 0 bridgehead atoms. The van der Waals surface area contributed by atoms with Gasteiger partial charge in [-0.25, -0.2) is 9.18 Å². The predicted octanol–water partition coefficient (Wildman–Crippen LogP) is 4.12. The Morgan fingerprint density at radius 1 is 1.09 bits per heavy atom. The summed E-state index contributed by atoms with van der Waals surface area (Å²) in [7, 11) is 0. The summed E-state index contributed by atoms with van der Waals surface area (Å²) >= 11 is 0. The molecule has 2 rings (SSSR count). The zero-order valence-electron chi connectivity index (χ0n) is 11.0.